The van der Waals surface area contributed by atoms with Crippen LogP contribution < -0.4 is 10.1 Å². The van der Waals surface area contributed by atoms with Crippen molar-refractivity contribution in [1.82, 2.24) is 5.32 Å². The summed E-state index contributed by atoms with van der Waals surface area (Å²) in [6.07, 6.45) is 5.04. The molecule has 1 aliphatic rings. The Hall–Kier alpha value is -0.580. The summed E-state index contributed by atoms with van der Waals surface area (Å²) in [6, 6.07) is 6.60. The van der Waals surface area contributed by atoms with Gasteiger partial charge in [0.05, 0.1) is 13.7 Å². The molecule has 19 heavy (non-hydrogen) atoms. The topological polar surface area (TPSA) is 30.5 Å². The lowest BCUT2D eigenvalue weighted by molar-refractivity contribution is 0.108. The summed E-state index contributed by atoms with van der Waals surface area (Å²) >= 11 is 3.54. The smallest absolute Gasteiger partial charge is 0.119 e. The Labute approximate surface area is 123 Å². The molecule has 0 radical (unpaired) electrons. The van der Waals surface area contributed by atoms with Gasteiger partial charge in [0, 0.05) is 17.1 Å². The van der Waals surface area contributed by atoms with E-state index in [1.165, 1.54) is 19.3 Å². The van der Waals surface area contributed by atoms with Crippen LogP contribution >= 0.6 is 15.9 Å². The van der Waals surface area contributed by atoms with E-state index >= 15 is 0 Å². The second kappa shape index (κ2) is 7.88. The van der Waals surface area contributed by atoms with Gasteiger partial charge < -0.3 is 14.8 Å². The van der Waals surface area contributed by atoms with Gasteiger partial charge in [0.1, 0.15) is 5.75 Å². The number of methoxy groups -OCH3 is 1. The van der Waals surface area contributed by atoms with Crippen LogP contribution in [0, 0.1) is 0 Å². The van der Waals surface area contributed by atoms with Crippen LogP contribution in [-0.2, 0) is 11.3 Å². The van der Waals surface area contributed by atoms with Crippen LogP contribution in [0.1, 0.15) is 31.2 Å². The van der Waals surface area contributed by atoms with E-state index in [4.69, 9.17) is 9.47 Å². The Morgan fingerprint density at radius 1 is 1.37 bits per heavy atom. The van der Waals surface area contributed by atoms with Crippen molar-refractivity contribution in [3.8, 4) is 5.75 Å². The first kappa shape index (κ1) is 14.8. The second-order valence-electron chi connectivity index (χ2n) is 4.95. The zero-order valence-corrected chi connectivity index (χ0v) is 13.0. The van der Waals surface area contributed by atoms with E-state index in [2.05, 4.69) is 21.2 Å². The molecule has 0 spiro atoms. The molecule has 1 heterocycles. The van der Waals surface area contributed by atoms with E-state index in [0.717, 1.165) is 35.4 Å². The minimum absolute atomic E-state index is 0.629. The summed E-state index contributed by atoms with van der Waals surface area (Å²) < 4.78 is 12.1. The molecule has 1 fully saturated rings. The third kappa shape index (κ3) is 4.79. The predicted molar refractivity (Wildman–Crippen MR) is 80.6 cm³/mol. The molecule has 0 bridgehead atoms. The maximum absolute atomic E-state index is 5.78. The van der Waals surface area contributed by atoms with Gasteiger partial charge in [-0.15, -0.1) is 0 Å². The number of hydrogen-bond donors (Lipinski definition) is 1. The van der Waals surface area contributed by atoms with Crippen LogP contribution in [-0.4, -0.2) is 26.3 Å². The summed E-state index contributed by atoms with van der Waals surface area (Å²) in [6.45, 7) is 2.60. The molecule has 0 aromatic heterocycles. The van der Waals surface area contributed by atoms with Crippen LogP contribution in [0.15, 0.2) is 22.7 Å². The van der Waals surface area contributed by atoms with Gasteiger partial charge in [-0.25, -0.2) is 0 Å². The Kier molecular flexibility index (Phi) is 6.14. The Bertz CT molecular complexity index is 392. The van der Waals surface area contributed by atoms with Crippen LogP contribution in [0.3, 0.4) is 0 Å². The molecule has 0 amide bonds. The monoisotopic (exact) mass is 327 g/mol. The Morgan fingerprint density at radius 2 is 2.26 bits per heavy atom. The summed E-state index contributed by atoms with van der Waals surface area (Å²) in [5.74, 6) is 0.871. The number of halogens is 1. The van der Waals surface area contributed by atoms with E-state index in [0.29, 0.717) is 12.6 Å². The van der Waals surface area contributed by atoms with Crippen LogP contribution in [0.2, 0.25) is 0 Å². The van der Waals surface area contributed by atoms with Gasteiger partial charge in [-0.1, -0.05) is 22.4 Å². The molecule has 4 heteroatoms. The van der Waals surface area contributed by atoms with Crippen molar-refractivity contribution in [2.24, 2.45) is 0 Å². The van der Waals surface area contributed by atoms with Crippen LogP contribution in [0.25, 0.3) is 0 Å². The molecular weight excluding hydrogens is 306 g/mol. The highest BCUT2D eigenvalue weighted by Gasteiger charge is 2.12. The van der Waals surface area contributed by atoms with Crippen molar-refractivity contribution >= 4 is 15.9 Å². The summed E-state index contributed by atoms with van der Waals surface area (Å²) in [5, 5.41) is 3.54. The average Bonchev–Trinajstić information content (AvgIpc) is 2.46. The molecule has 1 saturated heterocycles. The third-order valence-electron chi connectivity index (χ3n) is 3.53. The van der Waals surface area contributed by atoms with Gasteiger partial charge in [-0.2, -0.15) is 0 Å². The van der Waals surface area contributed by atoms with E-state index in [-0.39, 0.29) is 0 Å². The van der Waals surface area contributed by atoms with Gasteiger partial charge in [0.15, 0.2) is 0 Å². The van der Waals surface area contributed by atoms with Crippen molar-refractivity contribution < 1.29 is 9.47 Å². The number of hydrogen-bond acceptors (Lipinski definition) is 3. The van der Waals surface area contributed by atoms with Crippen molar-refractivity contribution in [3.63, 3.8) is 0 Å². The van der Waals surface area contributed by atoms with Crippen molar-refractivity contribution in [1.29, 1.82) is 0 Å². The van der Waals surface area contributed by atoms with Crippen LogP contribution in [0.5, 0.6) is 5.75 Å². The Balaban J connectivity index is 1.72. The first-order valence-electron chi connectivity index (χ1n) is 6.93. The molecule has 0 saturated carbocycles. The summed E-state index contributed by atoms with van der Waals surface area (Å²) in [5.41, 5.74) is 1.14. The Morgan fingerprint density at radius 3 is 3.00 bits per heavy atom. The highest BCUT2D eigenvalue weighted by molar-refractivity contribution is 9.10. The van der Waals surface area contributed by atoms with Crippen LogP contribution in [0.4, 0.5) is 0 Å². The van der Waals surface area contributed by atoms with E-state index in [9.17, 15) is 0 Å². The van der Waals surface area contributed by atoms with E-state index < -0.39 is 0 Å². The molecule has 106 valence electrons. The van der Waals surface area contributed by atoms with Crippen molar-refractivity contribution in [2.75, 3.05) is 20.3 Å². The fourth-order valence-corrected chi connectivity index (χ4v) is 2.73. The fourth-order valence-electron chi connectivity index (χ4n) is 2.37. The lowest BCUT2D eigenvalue weighted by Crippen LogP contribution is -2.34. The first-order valence-corrected chi connectivity index (χ1v) is 7.72. The number of piperidine rings is 1. The van der Waals surface area contributed by atoms with Gasteiger partial charge in [0.2, 0.25) is 0 Å². The van der Waals surface area contributed by atoms with Crippen molar-refractivity contribution in [3.05, 3.63) is 28.2 Å². The zero-order valence-electron chi connectivity index (χ0n) is 11.5. The molecule has 1 aliphatic heterocycles. The number of benzene rings is 1. The lowest BCUT2D eigenvalue weighted by atomic mass is 10.0. The maximum Gasteiger partial charge on any atom is 0.119 e. The molecule has 1 atom stereocenters. The molecular formula is C15H22BrNO2. The van der Waals surface area contributed by atoms with Gasteiger partial charge in [-0.3, -0.25) is 0 Å². The third-order valence-corrected chi connectivity index (χ3v) is 4.31. The zero-order chi connectivity index (χ0) is 13.5. The molecule has 1 aromatic rings. The molecule has 1 unspecified atom stereocenters. The first-order chi connectivity index (χ1) is 9.29. The number of nitrogens with one attached hydrogen (secondary N) is 1. The maximum atomic E-state index is 5.78. The normalized spacial score (nSPS) is 19.4. The van der Waals surface area contributed by atoms with Gasteiger partial charge in [0.25, 0.3) is 0 Å². The minimum atomic E-state index is 0.629. The fraction of sp³-hybridized carbons (Fsp3) is 0.600. The molecule has 2 rings (SSSR count). The van der Waals surface area contributed by atoms with E-state index in [1.54, 1.807) is 7.11 Å². The highest BCUT2D eigenvalue weighted by atomic mass is 79.9. The largest absolute Gasteiger partial charge is 0.497 e. The SMILES string of the molecule is COc1ccc(Br)c(COCCC2CCCCN2)c1. The minimum Gasteiger partial charge on any atom is -0.497 e. The number of rotatable bonds is 6. The molecule has 3 nitrogen and oxygen atoms in total. The quantitative estimate of drug-likeness (QED) is 0.811. The van der Waals surface area contributed by atoms with Crippen molar-refractivity contribution in [2.45, 2.75) is 38.3 Å². The van der Waals surface area contributed by atoms with Gasteiger partial charge in [-0.05, 0) is 49.6 Å². The van der Waals surface area contributed by atoms with Gasteiger partial charge >= 0.3 is 0 Å². The molecule has 1 N–H and O–H groups in total. The standard InChI is InChI=1S/C15H22BrNO2/c1-18-14-5-6-15(16)12(10-14)11-19-9-7-13-4-2-3-8-17-13/h5-6,10,13,17H,2-4,7-9,11H2,1H3. The predicted octanol–water partition coefficient (Wildman–Crippen LogP) is 3.51. The number of ether oxygens (including phenoxy) is 2. The summed E-state index contributed by atoms with van der Waals surface area (Å²) in [4.78, 5) is 0. The highest BCUT2D eigenvalue weighted by Crippen LogP contribution is 2.23. The summed E-state index contributed by atoms with van der Waals surface area (Å²) in [7, 11) is 1.68. The lowest BCUT2D eigenvalue weighted by Gasteiger charge is -2.23. The average molecular weight is 328 g/mol. The molecule has 0 aliphatic carbocycles. The van der Waals surface area contributed by atoms with E-state index in [1.807, 2.05) is 18.2 Å². The second-order valence-corrected chi connectivity index (χ2v) is 5.80. The molecule has 1 aromatic carbocycles.